The molecule has 0 spiro atoms. The van der Waals surface area contributed by atoms with Gasteiger partial charge in [0, 0.05) is 12.4 Å². The summed E-state index contributed by atoms with van der Waals surface area (Å²) in [5.41, 5.74) is 12.2. The van der Waals surface area contributed by atoms with Crippen LogP contribution in [0.5, 0.6) is 0 Å². The average Bonchev–Trinajstić information content (AvgIpc) is 3.69. The Morgan fingerprint density at radius 3 is 1.32 bits per heavy atom. The lowest BCUT2D eigenvalue weighted by Crippen LogP contribution is -1.93. The molecule has 1 heteroatoms. The first-order valence-electron chi connectivity index (χ1n) is 16.2. The summed E-state index contributed by atoms with van der Waals surface area (Å²) in [5.74, 6) is 0. The summed E-state index contributed by atoms with van der Waals surface area (Å²) in [4.78, 5) is 3.23. The van der Waals surface area contributed by atoms with E-state index in [9.17, 15) is 0 Å². The Morgan fingerprint density at radius 1 is 0.277 bits per heavy atom. The van der Waals surface area contributed by atoms with Crippen molar-refractivity contribution in [1.82, 2.24) is 4.98 Å². The molecule has 1 heterocycles. The highest BCUT2D eigenvalue weighted by molar-refractivity contribution is 6.24. The standard InChI is InChI=1S/C46H31N/c1-3-12-31(13-4-1)38-25-39(32-14-5-2-6-15-32)27-40(26-38)46-42-21-10-9-20-41(42)45(36-19-11-18-33(24-36)37-22-23-47-30-37)43-28-34-16-7-8-17-35(34)29-44(43)46/h1-30,47H. The van der Waals surface area contributed by atoms with E-state index >= 15 is 0 Å². The van der Waals surface area contributed by atoms with Gasteiger partial charge in [0.2, 0.25) is 0 Å². The lowest BCUT2D eigenvalue weighted by molar-refractivity contribution is 1.41. The second-order valence-corrected chi connectivity index (χ2v) is 12.3. The number of hydrogen-bond donors (Lipinski definition) is 1. The van der Waals surface area contributed by atoms with Crippen molar-refractivity contribution >= 4 is 32.3 Å². The monoisotopic (exact) mass is 597 g/mol. The van der Waals surface area contributed by atoms with E-state index in [-0.39, 0.29) is 0 Å². The van der Waals surface area contributed by atoms with Crippen molar-refractivity contribution < 1.29 is 0 Å². The van der Waals surface area contributed by atoms with E-state index in [1.807, 2.05) is 6.20 Å². The van der Waals surface area contributed by atoms with Gasteiger partial charge in [-0.05, 0) is 130 Å². The molecule has 8 aromatic carbocycles. The van der Waals surface area contributed by atoms with Crippen molar-refractivity contribution in [2.75, 3.05) is 0 Å². The molecule has 0 amide bonds. The Balaban J connectivity index is 1.41. The third-order valence-corrected chi connectivity index (χ3v) is 9.41. The molecular formula is C46H31N. The number of hydrogen-bond acceptors (Lipinski definition) is 0. The maximum atomic E-state index is 3.23. The number of fused-ring (bicyclic) bond motifs is 3. The summed E-state index contributed by atoms with van der Waals surface area (Å²) in [6.45, 7) is 0. The topological polar surface area (TPSA) is 15.8 Å². The minimum atomic E-state index is 1.19. The highest BCUT2D eigenvalue weighted by Crippen LogP contribution is 2.46. The van der Waals surface area contributed by atoms with E-state index < -0.39 is 0 Å². The number of benzene rings is 8. The molecule has 0 unspecified atom stereocenters. The van der Waals surface area contributed by atoms with Crippen LogP contribution in [0.4, 0.5) is 0 Å². The van der Waals surface area contributed by atoms with Gasteiger partial charge in [0.25, 0.3) is 0 Å². The number of aromatic nitrogens is 1. The molecule has 1 N–H and O–H groups in total. The zero-order chi connectivity index (χ0) is 31.2. The zero-order valence-electron chi connectivity index (χ0n) is 25.8. The molecule has 0 atom stereocenters. The van der Waals surface area contributed by atoms with Crippen molar-refractivity contribution in [1.29, 1.82) is 0 Å². The predicted octanol–water partition coefficient (Wildman–Crippen LogP) is 12.8. The van der Waals surface area contributed by atoms with Crippen molar-refractivity contribution in [3.63, 3.8) is 0 Å². The van der Waals surface area contributed by atoms with Gasteiger partial charge in [0.15, 0.2) is 0 Å². The fourth-order valence-corrected chi connectivity index (χ4v) is 7.21. The fraction of sp³-hybridized carbons (Fsp3) is 0. The Hall–Kier alpha value is -6.18. The van der Waals surface area contributed by atoms with Crippen LogP contribution in [0.2, 0.25) is 0 Å². The van der Waals surface area contributed by atoms with Crippen LogP contribution in [0, 0.1) is 0 Å². The third kappa shape index (κ3) is 4.81. The van der Waals surface area contributed by atoms with Gasteiger partial charge in [-0.25, -0.2) is 0 Å². The molecule has 0 aliphatic heterocycles. The first-order valence-corrected chi connectivity index (χ1v) is 16.2. The second-order valence-electron chi connectivity index (χ2n) is 12.3. The van der Waals surface area contributed by atoms with Crippen molar-refractivity contribution in [3.8, 4) is 55.6 Å². The number of aromatic amines is 1. The fourth-order valence-electron chi connectivity index (χ4n) is 7.21. The van der Waals surface area contributed by atoms with Crippen molar-refractivity contribution in [2.24, 2.45) is 0 Å². The lowest BCUT2D eigenvalue weighted by Gasteiger charge is -2.20. The molecule has 0 bridgehead atoms. The molecule has 9 aromatic rings. The number of rotatable bonds is 5. The van der Waals surface area contributed by atoms with Crippen LogP contribution in [0.1, 0.15) is 0 Å². The first-order chi connectivity index (χ1) is 23.3. The summed E-state index contributed by atoms with van der Waals surface area (Å²) < 4.78 is 0. The molecule has 0 saturated heterocycles. The molecule has 0 saturated carbocycles. The van der Waals surface area contributed by atoms with Crippen molar-refractivity contribution in [3.05, 3.63) is 182 Å². The molecule has 220 valence electrons. The van der Waals surface area contributed by atoms with Crippen LogP contribution >= 0.6 is 0 Å². The number of H-pyrrole nitrogens is 1. The second kappa shape index (κ2) is 11.3. The largest absolute Gasteiger partial charge is 0.367 e. The molecule has 1 aromatic heterocycles. The van der Waals surface area contributed by atoms with Crippen LogP contribution in [-0.4, -0.2) is 4.98 Å². The first kappa shape index (κ1) is 27.2. The summed E-state index contributed by atoms with van der Waals surface area (Å²) in [6, 6.07) is 62.2. The van der Waals surface area contributed by atoms with Crippen LogP contribution in [-0.2, 0) is 0 Å². The van der Waals surface area contributed by atoms with E-state index in [4.69, 9.17) is 0 Å². The summed E-state index contributed by atoms with van der Waals surface area (Å²) in [7, 11) is 0. The van der Waals surface area contributed by atoms with Gasteiger partial charge in [-0.15, -0.1) is 0 Å². The SMILES string of the molecule is c1ccc(-c2cc(-c3ccccc3)cc(-c3c4ccccc4c(-c4cccc(-c5cc[nH]c5)c4)c4cc5ccccc5cc34)c2)cc1. The molecule has 0 fully saturated rings. The van der Waals surface area contributed by atoms with Crippen LogP contribution in [0.15, 0.2) is 182 Å². The van der Waals surface area contributed by atoms with Crippen LogP contribution in [0.3, 0.4) is 0 Å². The summed E-state index contributed by atoms with van der Waals surface area (Å²) >= 11 is 0. The minimum absolute atomic E-state index is 1.19. The van der Waals surface area contributed by atoms with Gasteiger partial charge in [-0.2, -0.15) is 0 Å². The Labute approximate surface area is 274 Å². The normalized spacial score (nSPS) is 11.4. The maximum absolute atomic E-state index is 3.23. The molecular weight excluding hydrogens is 567 g/mol. The highest BCUT2D eigenvalue weighted by Gasteiger charge is 2.19. The van der Waals surface area contributed by atoms with Gasteiger partial charge in [-0.3, -0.25) is 0 Å². The van der Waals surface area contributed by atoms with E-state index in [0.717, 1.165) is 0 Å². The highest BCUT2D eigenvalue weighted by atomic mass is 14.6. The maximum Gasteiger partial charge on any atom is 0.00841 e. The molecule has 0 aliphatic carbocycles. The molecule has 9 rings (SSSR count). The van der Waals surface area contributed by atoms with Crippen molar-refractivity contribution in [2.45, 2.75) is 0 Å². The molecule has 1 nitrogen and oxygen atoms in total. The van der Waals surface area contributed by atoms with E-state index in [1.165, 1.54) is 88.0 Å². The molecule has 0 aliphatic rings. The van der Waals surface area contributed by atoms with Gasteiger partial charge in [0.1, 0.15) is 0 Å². The zero-order valence-corrected chi connectivity index (χ0v) is 25.8. The predicted molar refractivity (Wildman–Crippen MR) is 200 cm³/mol. The lowest BCUT2D eigenvalue weighted by atomic mass is 9.83. The van der Waals surface area contributed by atoms with Crippen LogP contribution in [0.25, 0.3) is 88.0 Å². The van der Waals surface area contributed by atoms with Gasteiger partial charge in [-0.1, -0.05) is 127 Å². The Bertz CT molecular complexity index is 2480. The van der Waals surface area contributed by atoms with E-state index in [2.05, 4.69) is 181 Å². The molecule has 0 radical (unpaired) electrons. The Kier molecular flexibility index (Phi) is 6.54. The summed E-state index contributed by atoms with van der Waals surface area (Å²) in [6.07, 6.45) is 4.05. The summed E-state index contributed by atoms with van der Waals surface area (Å²) in [5, 5.41) is 7.51. The van der Waals surface area contributed by atoms with Crippen LogP contribution < -0.4 is 0 Å². The van der Waals surface area contributed by atoms with E-state index in [0.29, 0.717) is 0 Å². The van der Waals surface area contributed by atoms with Gasteiger partial charge >= 0.3 is 0 Å². The third-order valence-electron chi connectivity index (χ3n) is 9.41. The quantitative estimate of drug-likeness (QED) is 0.190. The van der Waals surface area contributed by atoms with Gasteiger partial charge < -0.3 is 4.98 Å². The average molecular weight is 598 g/mol. The minimum Gasteiger partial charge on any atom is -0.367 e. The Morgan fingerprint density at radius 2 is 0.745 bits per heavy atom. The smallest absolute Gasteiger partial charge is 0.00841 e. The van der Waals surface area contributed by atoms with Gasteiger partial charge in [0.05, 0.1) is 0 Å². The van der Waals surface area contributed by atoms with E-state index in [1.54, 1.807) is 0 Å². The molecule has 47 heavy (non-hydrogen) atoms. The number of nitrogens with one attached hydrogen (secondary N) is 1.